The summed E-state index contributed by atoms with van der Waals surface area (Å²) in [6, 6.07) is 10.1. The van der Waals surface area contributed by atoms with Crippen LogP contribution in [0, 0.1) is 5.92 Å². The van der Waals surface area contributed by atoms with Gasteiger partial charge in [0.2, 0.25) is 5.88 Å². The van der Waals surface area contributed by atoms with Gasteiger partial charge in [0.05, 0.1) is 5.52 Å². The van der Waals surface area contributed by atoms with Gasteiger partial charge in [-0.15, -0.1) is 0 Å². The zero-order valence-corrected chi connectivity index (χ0v) is 18.1. The maximum absolute atomic E-state index is 12.1. The summed E-state index contributed by atoms with van der Waals surface area (Å²) in [5.74, 6) is 1.75. The Balaban J connectivity index is 1.32. The van der Waals surface area contributed by atoms with Gasteiger partial charge in [-0.05, 0) is 63.3 Å². The molecule has 2 fully saturated rings. The van der Waals surface area contributed by atoms with Crippen molar-refractivity contribution in [1.29, 1.82) is 0 Å². The van der Waals surface area contributed by atoms with Crippen LogP contribution in [0.1, 0.15) is 52.4 Å². The van der Waals surface area contributed by atoms with Gasteiger partial charge in [-0.1, -0.05) is 19.3 Å². The summed E-state index contributed by atoms with van der Waals surface area (Å²) in [5, 5.41) is 3.86. The lowest BCUT2D eigenvalue weighted by Crippen LogP contribution is -2.32. The first-order chi connectivity index (χ1) is 14.6. The van der Waals surface area contributed by atoms with Crippen molar-refractivity contribution in [3.8, 4) is 11.6 Å². The quantitative estimate of drug-likeness (QED) is 0.742. The molecule has 1 aromatic heterocycles. The van der Waals surface area contributed by atoms with Crippen LogP contribution in [0.15, 0.2) is 30.3 Å². The minimum absolute atomic E-state index is 0.230. The lowest BCUT2D eigenvalue weighted by molar-refractivity contribution is 0.187. The first-order valence-corrected chi connectivity index (χ1v) is 11.3. The molecular formula is C24H33N3O3. The van der Waals surface area contributed by atoms with Gasteiger partial charge in [-0.25, -0.2) is 9.78 Å². The third-order valence-corrected chi connectivity index (χ3v) is 6.30. The Morgan fingerprint density at radius 3 is 2.77 bits per heavy atom. The number of carbonyl (C=O) groups is 1. The molecule has 0 bridgehead atoms. The van der Waals surface area contributed by atoms with E-state index >= 15 is 0 Å². The monoisotopic (exact) mass is 411 g/mol. The number of rotatable bonds is 6. The molecule has 1 amide bonds. The Morgan fingerprint density at radius 1 is 1.17 bits per heavy atom. The Morgan fingerprint density at radius 2 is 2.00 bits per heavy atom. The van der Waals surface area contributed by atoms with E-state index in [1.54, 1.807) is 6.07 Å². The number of likely N-dealkylation sites (tertiary alicyclic amines) is 1. The Labute approximate surface area is 178 Å². The maximum Gasteiger partial charge on any atom is 0.413 e. The summed E-state index contributed by atoms with van der Waals surface area (Å²) in [6.07, 6.45) is 7.07. The Hall–Kier alpha value is -2.34. The van der Waals surface area contributed by atoms with Crippen LogP contribution in [0.4, 0.5) is 4.79 Å². The third kappa shape index (κ3) is 5.42. The van der Waals surface area contributed by atoms with Gasteiger partial charge < -0.3 is 14.8 Å². The van der Waals surface area contributed by atoms with E-state index in [-0.39, 0.29) is 6.10 Å². The van der Waals surface area contributed by atoms with E-state index in [9.17, 15) is 4.79 Å². The topological polar surface area (TPSA) is 63.7 Å². The average molecular weight is 412 g/mol. The fourth-order valence-electron chi connectivity index (χ4n) is 4.48. The van der Waals surface area contributed by atoms with Crippen molar-refractivity contribution >= 4 is 17.0 Å². The number of ether oxygens (including phenoxy) is 2. The zero-order chi connectivity index (χ0) is 20.9. The van der Waals surface area contributed by atoms with Gasteiger partial charge in [-0.3, -0.25) is 4.90 Å². The number of fused-ring (bicyclic) bond motifs is 1. The smallest absolute Gasteiger partial charge is 0.413 e. The number of nitrogens with one attached hydrogen (secondary N) is 1. The van der Waals surface area contributed by atoms with Crippen molar-refractivity contribution in [3.63, 3.8) is 0 Å². The second-order valence-electron chi connectivity index (χ2n) is 8.90. The highest BCUT2D eigenvalue weighted by Gasteiger charge is 2.25. The van der Waals surface area contributed by atoms with E-state index in [0.29, 0.717) is 24.4 Å². The van der Waals surface area contributed by atoms with Gasteiger partial charge >= 0.3 is 6.09 Å². The molecule has 2 aromatic rings. The van der Waals surface area contributed by atoms with Crippen LogP contribution in [-0.2, 0) is 0 Å². The molecule has 1 N–H and O–H groups in total. The minimum Gasteiger partial charge on any atom is -0.489 e. The van der Waals surface area contributed by atoms with Crippen molar-refractivity contribution in [1.82, 2.24) is 15.2 Å². The highest BCUT2D eigenvalue weighted by molar-refractivity contribution is 5.81. The van der Waals surface area contributed by atoms with Crippen molar-refractivity contribution in [2.45, 2.75) is 64.5 Å². The molecule has 1 unspecified atom stereocenters. The van der Waals surface area contributed by atoms with Crippen LogP contribution in [-0.4, -0.2) is 47.8 Å². The predicted molar refractivity (Wildman–Crippen MR) is 118 cm³/mol. The van der Waals surface area contributed by atoms with Crippen LogP contribution in [0.25, 0.3) is 10.9 Å². The van der Waals surface area contributed by atoms with Crippen LogP contribution in [0.5, 0.6) is 11.6 Å². The average Bonchev–Trinajstić information content (AvgIpc) is 3.22. The number of carbonyl (C=O) groups excluding carboxylic acids is 1. The predicted octanol–water partition coefficient (Wildman–Crippen LogP) is 4.77. The molecule has 1 aliphatic heterocycles. The first-order valence-electron chi connectivity index (χ1n) is 11.3. The van der Waals surface area contributed by atoms with Crippen molar-refractivity contribution in [2.75, 3.05) is 19.6 Å². The highest BCUT2D eigenvalue weighted by Crippen LogP contribution is 2.25. The Bertz CT molecular complexity index is 864. The van der Waals surface area contributed by atoms with Crippen molar-refractivity contribution in [2.24, 2.45) is 5.92 Å². The van der Waals surface area contributed by atoms with E-state index in [2.05, 4.69) is 29.0 Å². The van der Waals surface area contributed by atoms with E-state index in [0.717, 1.165) is 36.2 Å². The van der Waals surface area contributed by atoms with Crippen LogP contribution in [0.3, 0.4) is 0 Å². The van der Waals surface area contributed by atoms with Crippen molar-refractivity contribution < 1.29 is 14.3 Å². The number of nitrogens with zero attached hydrogens (tertiary/aromatic N) is 2. The normalized spacial score (nSPS) is 20.6. The number of hydrogen-bond acceptors (Lipinski definition) is 5. The molecule has 1 aliphatic carbocycles. The van der Waals surface area contributed by atoms with Gasteiger partial charge in [0.1, 0.15) is 11.9 Å². The summed E-state index contributed by atoms with van der Waals surface area (Å²) in [4.78, 5) is 19.0. The highest BCUT2D eigenvalue weighted by atomic mass is 16.6. The summed E-state index contributed by atoms with van der Waals surface area (Å²) in [7, 11) is 0. The SMILES string of the molecule is CC(C)N1CCC(Oc2ccc3nc(OC(=O)NCC4CCCCC4)ccc3c2)C1. The second kappa shape index (κ2) is 9.65. The lowest BCUT2D eigenvalue weighted by atomic mass is 9.89. The second-order valence-corrected chi connectivity index (χ2v) is 8.90. The lowest BCUT2D eigenvalue weighted by Gasteiger charge is -2.21. The number of benzene rings is 1. The summed E-state index contributed by atoms with van der Waals surface area (Å²) < 4.78 is 11.6. The molecule has 1 aromatic carbocycles. The van der Waals surface area contributed by atoms with Crippen molar-refractivity contribution in [3.05, 3.63) is 30.3 Å². The zero-order valence-electron chi connectivity index (χ0n) is 18.1. The third-order valence-electron chi connectivity index (χ3n) is 6.30. The maximum atomic E-state index is 12.1. The standard InChI is InChI=1S/C24H33N3O3/c1-17(2)27-13-12-21(16-27)29-20-9-10-22-19(14-20)8-11-23(26-22)30-24(28)25-15-18-6-4-3-5-7-18/h8-11,14,17-18,21H,3-7,12-13,15-16H2,1-2H3,(H,25,28). The molecule has 2 heterocycles. The molecule has 0 radical (unpaired) electrons. The van der Waals surface area contributed by atoms with E-state index < -0.39 is 6.09 Å². The number of aromatic nitrogens is 1. The first kappa shape index (κ1) is 20.9. The molecular weight excluding hydrogens is 378 g/mol. The Kier molecular flexibility index (Phi) is 6.72. The molecule has 0 spiro atoms. The molecule has 4 rings (SSSR count). The molecule has 6 nitrogen and oxygen atoms in total. The number of hydrogen-bond donors (Lipinski definition) is 1. The number of amides is 1. The molecule has 6 heteroatoms. The molecule has 30 heavy (non-hydrogen) atoms. The van der Waals surface area contributed by atoms with Gasteiger partial charge in [0.25, 0.3) is 0 Å². The molecule has 1 saturated heterocycles. The summed E-state index contributed by atoms with van der Waals surface area (Å²) >= 11 is 0. The molecule has 1 saturated carbocycles. The van der Waals surface area contributed by atoms with Gasteiger partial charge in [0.15, 0.2) is 0 Å². The largest absolute Gasteiger partial charge is 0.489 e. The van der Waals surface area contributed by atoms with Crippen LogP contribution >= 0.6 is 0 Å². The van der Waals surface area contributed by atoms with E-state index in [4.69, 9.17) is 9.47 Å². The fourth-order valence-corrected chi connectivity index (χ4v) is 4.48. The molecule has 2 aliphatic rings. The van der Waals surface area contributed by atoms with E-state index in [1.807, 2.05) is 24.3 Å². The van der Waals surface area contributed by atoms with Crippen LogP contribution < -0.4 is 14.8 Å². The van der Waals surface area contributed by atoms with E-state index in [1.165, 1.54) is 32.1 Å². The number of pyridine rings is 1. The summed E-state index contributed by atoms with van der Waals surface area (Å²) in [5.41, 5.74) is 0.787. The molecule has 162 valence electrons. The minimum atomic E-state index is -0.427. The molecule has 1 atom stereocenters. The van der Waals surface area contributed by atoms with Gasteiger partial charge in [0, 0.05) is 37.1 Å². The van der Waals surface area contributed by atoms with Gasteiger partial charge in [-0.2, -0.15) is 0 Å². The fraction of sp³-hybridized carbons (Fsp3) is 0.583. The summed E-state index contributed by atoms with van der Waals surface area (Å²) in [6.45, 7) is 7.18. The van der Waals surface area contributed by atoms with Crippen LogP contribution in [0.2, 0.25) is 0 Å².